The SMILES string of the molecule is CC.Cc1cc2scnc2cn1. The first-order valence-corrected chi connectivity index (χ1v) is 4.90. The molecule has 0 N–H and O–H groups in total. The van der Waals surface area contributed by atoms with E-state index in [0.717, 1.165) is 11.2 Å². The Morgan fingerprint density at radius 3 is 2.75 bits per heavy atom. The molecule has 2 aromatic rings. The molecule has 0 radical (unpaired) electrons. The summed E-state index contributed by atoms with van der Waals surface area (Å²) in [6.07, 6.45) is 1.81. The standard InChI is InChI=1S/C7H6N2S.C2H6/c1-5-2-7-6(3-8-5)9-4-10-7;1-2/h2-4H,1H3;1-2H3. The van der Waals surface area contributed by atoms with Gasteiger partial charge >= 0.3 is 0 Å². The van der Waals surface area contributed by atoms with Crippen molar-refractivity contribution < 1.29 is 0 Å². The summed E-state index contributed by atoms with van der Waals surface area (Å²) in [5.41, 5.74) is 3.89. The molecule has 3 heteroatoms. The van der Waals surface area contributed by atoms with Crippen LogP contribution in [0.15, 0.2) is 17.8 Å². The van der Waals surface area contributed by atoms with Gasteiger partial charge in [0.15, 0.2) is 0 Å². The van der Waals surface area contributed by atoms with Crippen molar-refractivity contribution in [3.8, 4) is 0 Å². The van der Waals surface area contributed by atoms with Gasteiger partial charge in [-0.3, -0.25) is 4.98 Å². The van der Waals surface area contributed by atoms with Gasteiger partial charge in [-0.2, -0.15) is 0 Å². The molecule has 0 saturated heterocycles. The number of thiazole rings is 1. The Hall–Kier alpha value is -0.960. The highest BCUT2D eigenvalue weighted by atomic mass is 32.1. The van der Waals surface area contributed by atoms with Gasteiger partial charge in [0.25, 0.3) is 0 Å². The number of aromatic nitrogens is 2. The molecule has 2 rings (SSSR count). The van der Waals surface area contributed by atoms with Gasteiger partial charge in [0.05, 0.1) is 21.9 Å². The number of hydrogen-bond donors (Lipinski definition) is 0. The number of rotatable bonds is 0. The smallest absolute Gasteiger partial charge is 0.0995 e. The quantitative estimate of drug-likeness (QED) is 0.622. The fourth-order valence-electron chi connectivity index (χ4n) is 0.859. The Balaban J connectivity index is 0.000000336. The van der Waals surface area contributed by atoms with Gasteiger partial charge in [-0.05, 0) is 13.0 Å². The third-order valence-corrected chi connectivity index (χ3v) is 2.15. The van der Waals surface area contributed by atoms with Gasteiger partial charge < -0.3 is 0 Å². The van der Waals surface area contributed by atoms with Gasteiger partial charge in [0.2, 0.25) is 0 Å². The molecule has 2 heterocycles. The zero-order chi connectivity index (χ0) is 8.97. The molecule has 0 unspecified atom stereocenters. The fraction of sp³-hybridized carbons (Fsp3) is 0.333. The molecule has 0 fully saturated rings. The first-order chi connectivity index (χ1) is 5.86. The molecule has 64 valence electrons. The third kappa shape index (κ3) is 1.80. The van der Waals surface area contributed by atoms with E-state index in [-0.39, 0.29) is 0 Å². The molecule has 0 aromatic carbocycles. The summed E-state index contributed by atoms with van der Waals surface area (Å²) in [5, 5.41) is 0. The average molecular weight is 180 g/mol. The Morgan fingerprint density at radius 1 is 1.25 bits per heavy atom. The predicted octanol–water partition coefficient (Wildman–Crippen LogP) is 3.03. The van der Waals surface area contributed by atoms with Crippen molar-refractivity contribution in [3.63, 3.8) is 0 Å². The molecule has 0 saturated carbocycles. The van der Waals surface area contributed by atoms with E-state index in [1.54, 1.807) is 17.5 Å². The van der Waals surface area contributed by atoms with E-state index in [2.05, 4.69) is 9.97 Å². The van der Waals surface area contributed by atoms with E-state index in [4.69, 9.17) is 0 Å². The zero-order valence-electron chi connectivity index (χ0n) is 7.53. The number of hydrogen-bond acceptors (Lipinski definition) is 3. The van der Waals surface area contributed by atoms with Crippen LogP contribution in [0.25, 0.3) is 10.2 Å². The van der Waals surface area contributed by atoms with Gasteiger partial charge in [-0.25, -0.2) is 4.98 Å². The van der Waals surface area contributed by atoms with Crippen molar-refractivity contribution in [3.05, 3.63) is 23.5 Å². The van der Waals surface area contributed by atoms with Crippen LogP contribution in [0.5, 0.6) is 0 Å². The van der Waals surface area contributed by atoms with Crippen molar-refractivity contribution in [2.45, 2.75) is 20.8 Å². The maximum Gasteiger partial charge on any atom is 0.0995 e. The predicted molar refractivity (Wildman–Crippen MR) is 53.5 cm³/mol. The lowest BCUT2D eigenvalue weighted by Gasteiger charge is -1.87. The van der Waals surface area contributed by atoms with Crippen LogP contribution in [0.4, 0.5) is 0 Å². The largest absolute Gasteiger partial charge is 0.259 e. The molecule has 0 aliphatic carbocycles. The molecule has 0 aliphatic rings. The Bertz CT molecular complexity index is 354. The molecule has 0 amide bonds. The monoisotopic (exact) mass is 180 g/mol. The van der Waals surface area contributed by atoms with Gasteiger partial charge in [0, 0.05) is 5.69 Å². The van der Waals surface area contributed by atoms with Crippen LogP contribution in [0.1, 0.15) is 19.5 Å². The fourth-order valence-corrected chi connectivity index (χ4v) is 1.60. The van der Waals surface area contributed by atoms with E-state index in [0.29, 0.717) is 0 Å². The summed E-state index contributed by atoms with van der Waals surface area (Å²) in [5.74, 6) is 0. The van der Waals surface area contributed by atoms with Crippen molar-refractivity contribution >= 4 is 21.6 Å². The van der Waals surface area contributed by atoms with Gasteiger partial charge in [-0.15, -0.1) is 11.3 Å². The lowest BCUT2D eigenvalue weighted by molar-refractivity contribution is 1.22. The summed E-state index contributed by atoms with van der Waals surface area (Å²) in [6, 6.07) is 2.05. The van der Waals surface area contributed by atoms with E-state index in [9.17, 15) is 0 Å². The average Bonchev–Trinajstić information content (AvgIpc) is 2.54. The second-order valence-electron chi connectivity index (χ2n) is 2.15. The maximum atomic E-state index is 4.12. The lowest BCUT2D eigenvalue weighted by atomic mass is 10.4. The van der Waals surface area contributed by atoms with Crippen LogP contribution < -0.4 is 0 Å². The third-order valence-electron chi connectivity index (χ3n) is 1.35. The molecular weight excluding hydrogens is 168 g/mol. The molecule has 2 aromatic heterocycles. The highest BCUT2D eigenvalue weighted by Crippen LogP contribution is 2.16. The molecular formula is C9H12N2S. The van der Waals surface area contributed by atoms with E-state index >= 15 is 0 Å². The lowest BCUT2D eigenvalue weighted by Crippen LogP contribution is -1.76. The Labute approximate surface area is 76.3 Å². The summed E-state index contributed by atoms with van der Waals surface area (Å²) in [4.78, 5) is 8.24. The topological polar surface area (TPSA) is 25.8 Å². The zero-order valence-corrected chi connectivity index (χ0v) is 8.35. The van der Waals surface area contributed by atoms with Crippen LogP contribution >= 0.6 is 11.3 Å². The van der Waals surface area contributed by atoms with Crippen LogP contribution in [-0.2, 0) is 0 Å². The summed E-state index contributed by atoms with van der Waals surface area (Å²) < 4.78 is 1.22. The highest BCUT2D eigenvalue weighted by Gasteiger charge is 1.94. The van der Waals surface area contributed by atoms with Crippen molar-refractivity contribution in [2.75, 3.05) is 0 Å². The van der Waals surface area contributed by atoms with E-state index in [1.807, 2.05) is 32.3 Å². The minimum Gasteiger partial charge on any atom is -0.259 e. The molecule has 0 atom stereocenters. The first-order valence-electron chi connectivity index (χ1n) is 4.02. The van der Waals surface area contributed by atoms with Crippen molar-refractivity contribution in [2.24, 2.45) is 0 Å². The summed E-state index contributed by atoms with van der Waals surface area (Å²) in [6.45, 7) is 5.99. The molecule has 12 heavy (non-hydrogen) atoms. The van der Waals surface area contributed by atoms with Crippen molar-refractivity contribution in [1.29, 1.82) is 0 Å². The van der Waals surface area contributed by atoms with E-state index < -0.39 is 0 Å². The van der Waals surface area contributed by atoms with Crippen LogP contribution in [-0.4, -0.2) is 9.97 Å². The van der Waals surface area contributed by atoms with Crippen LogP contribution in [0.3, 0.4) is 0 Å². The molecule has 0 spiro atoms. The maximum absolute atomic E-state index is 4.12. The Kier molecular flexibility index (Phi) is 3.17. The van der Waals surface area contributed by atoms with E-state index in [1.165, 1.54) is 4.70 Å². The highest BCUT2D eigenvalue weighted by molar-refractivity contribution is 7.16. The minimum atomic E-state index is 0.996. The minimum absolute atomic E-state index is 0.996. The first kappa shape index (κ1) is 9.13. The molecule has 2 nitrogen and oxygen atoms in total. The number of nitrogens with zero attached hydrogens (tertiary/aromatic N) is 2. The second-order valence-corrected chi connectivity index (χ2v) is 3.03. The normalized spacial score (nSPS) is 9.25. The molecule has 0 bridgehead atoms. The summed E-state index contributed by atoms with van der Waals surface area (Å²) >= 11 is 1.65. The Morgan fingerprint density at radius 2 is 2.00 bits per heavy atom. The van der Waals surface area contributed by atoms with Crippen molar-refractivity contribution in [1.82, 2.24) is 9.97 Å². The number of pyridine rings is 1. The van der Waals surface area contributed by atoms with Crippen LogP contribution in [0.2, 0.25) is 0 Å². The molecule has 0 aliphatic heterocycles. The van der Waals surface area contributed by atoms with Gasteiger partial charge in [-0.1, -0.05) is 13.8 Å². The number of aryl methyl sites for hydroxylation is 1. The summed E-state index contributed by atoms with van der Waals surface area (Å²) in [7, 11) is 0. The second kappa shape index (κ2) is 4.16. The van der Waals surface area contributed by atoms with Gasteiger partial charge in [0.1, 0.15) is 0 Å². The van der Waals surface area contributed by atoms with Crippen LogP contribution in [0, 0.1) is 6.92 Å². The number of fused-ring (bicyclic) bond motifs is 1.